The zero-order valence-electron chi connectivity index (χ0n) is 18.0. The number of carbonyl (C=O) groups excluding carboxylic acids is 1. The molecule has 0 unspecified atom stereocenters. The number of aromatic nitrogens is 2. The molecule has 30 heavy (non-hydrogen) atoms. The van der Waals surface area contributed by atoms with Crippen LogP contribution < -0.4 is 5.32 Å². The van der Waals surface area contributed by atoms with Gasteiger partial charge in [0.05, 0.1) is 0 Å². The number of imidazole rings is 1. The first-order chi connectivity index (χ1) is 14.3. The summed E-state index contributed by atoms with van der Waals surface area (Å²) in [5.41, 5.74) is 1.37. The molecule has 0 bridgehead atoms. The molecule has 1 aliphatic carbocycles. The molecule has 1 fully saturated rings. The van der Waals surface area contributed by atoms with Crippen LogP contribution in [0.15, 0.2) is 35.4 Å². The maximum Gasteiger partial charge on any atom is 0.319 e. The van der Waals surface area contributed by atoms with Crippen LogP contribution in [0.5, 0.6) is 0 Å². The monoisotopic (exact) mass is 429 g/mol. The van der Waals surface area contributed by atoms with E-state index in [4.69, 9.17) is 0 Å². The highest BCUT2D eigenvalue weighted by Gasteiger charge is 2.28. The van der Waals surface area contributed by atoms with E-state index in [-0.39, 0.29) is 5.91 Å². The second-order valence-electron chi connectivity index (χ2n) is 8.45. The molecule has 2 aromatic rings. The summed E-state index contributed by atoms with van der Waals surface area (Å²) in [7, 11) is 0. The third-order valence-electron chi connectivity index (χ3n) is 5.26. The van der Waals surface area contributed by atoms with E-state index in [1.54, 1.807) is 13.8 Å². The van der Waals surface area contributed by atoms with Crippen LogP contribution in [0, 0.1) is 5.92 Å². The standard InChI is InChI=1S/C23H31N3O3S/c1-4-5-6-13-26-15-19(21(27)24-14-16-7-8-16)25-20(26)17-9-11-18(12-10-17)30-23(2,3)22(28)29/h9-12,15-16H,4-8,13-14H2,1-3H3,(H,24,27)(H,28,29). The smallest absolute Gasteiger partial charge is 0.319 e. The van der Waals surface area contributed by atoms with Crippen molar-refractivity contribution in [3.63, 3.8) is 0 Å². The first-order valence-corrected chi connectivity index (χ1v) is 11.5. The molecule has 1 aliphatic rings. The van der Waals surface area contributed by atoms with Gasteiger partial charge in [-0.15, -0.1) is 11.8 Å². The molecule has 1 heterocycles. The third kappa shape index (κ3) is 5.88. The Labute approximate surface area is 182 Å². The summed E-state index contributed by atoms with van der Waals surface area (Å²) in [6.07, 6.45) is 7.53. The van der Waals surface area contributed by atoms with Crippen LogP contribution in [0.2, 0.25) is 0 Å². The molecule has 0 radical (unpaired) electrons. The number of thioether (sulfide) groups is 1. The summed E-state index contributed by atoms with van der Waals surface area (Å²) in [6.45, 7) is 7.10. The van der Waals surface area contributed by atoms with Crippen LogP contribution >= 0.6 is 11.8 Å². The molecule has 0 atom stereocenters. The highest BCUT2D eigenvalue weighted by molar-refractivity contribution is 8.01. The van der Waals surface area contributed by atoms with Crippen molar-refractivity contribution in [2.24, 2.45) is 5.92 Å². The van der Waals surface area contributed by atoms with Crippen LogP contribution in [0.3, 0.4) is 0 Å². The van der Waals surface area contributed by atoms with Gasteiger partial charge in [-0.1, -0.05) is 31.9 Å². The number of unbranched alkanes of at least 4 members (excludes halogenated alkanes) is 2. The highest BCUT2D eigenvalue weighted by atomic mass is 32.2. The number of benzene rings is 1. The second kappa shape index (κ2) is 9.69. The van der Waals surface area contributed by atoms with Gasteiger partial charge in [-0.05, 0) is 51.2 Å². The Morgan fingerprint density at radius 2 is 1.93 bits per heavy atom. The molecule has 6 nitrogen and oxygen atoms in total. The number of carboxylic acids is 1. The minimum Gasteiger partial charge on any atom is -0.480 e. The lowest BCUT2D eigenvalue weighted by Crippen LogP contribution is -2.26. The van der Waals surface area contributed by atoms with E-state index in [9.17, 15) is 14.7 Å². The Morgan fingerprint density at radius 1 is 1.23 bits per heavy atom. The predicted octanol–water partition coefficient (Wildman–Crippen LogP) is 4.84. The molecule has 7 heteroatoms. The van der Waals surface area contributed by atoms with Gasteiger partial charge in [0.25, 0.3) is 5.91 Å². The lowest BCUT2D eigenvalue weighted by molar-refractivity contribution is -0.138. The Kier molecular flexibility index (Phi) is 7.23. The van der Waals surface area contributed by atoms with E-state index in [1.807, 2.05) is 30.5 Å². The van der Waals surface area contributed by atoms with E-state index >= 15 is 0 Å². The summed E-state index contributed by atoms with van der Waals surface area (Å²) in [5.74, 6) is 0.439. The van der Waals surface area contributed by atoms with Crippen molar-refractivity contribution in [1.82, 2.24) is 14.9 Å². The third-order valence-corrected chi connectivity index (χ3v) is 6.45. The van der Waals surface area contributed by atoms with Crippen LogP contribution in [-0.4, -0.2) is 37.8 Å². The van der Waals surface area contributed by atoms with E-state index in [2.05, 4.69) is 21.8 Å². The number of amides is 1. The fourth-order valence-electron chi connectivity index (χ4n) is 3.12. The minimum absolute atomic E-state index is 0.118. The van der Waals surface area contributed by atoms with E-state index in [0.717, 1.165) is 48.6 Å². The number of carbonyl (C=O) groups is 2. The van der Waals surface area contributed by atoms with Gasteiger partial charge in [-0.25, -0.2) is 4.98 Å². The predicted molar refractivity (Wildman–Crippen MR) is 120 cm³/mol. The van der Waals surface area contributed by atoms with Gasteiger partial charge in [-0.2, -0.15) is 0 Å². The fraction of sp³-hybridized carbons (Fsp3) is 0.522. The molecular weight excluding hydrogens is 398 g/mol. The second-order valence-corrected chi connectivity index (χ2v) is 10.1. The number of carboxylic acid groups (broad SMARTS) is 1. The number of aryl methyl sites for hydroxylation is 1. The zero-order valence-corrected chi connectivity index (χ0v) is 18.8. The molecular formula is C23H31N3O3S. The highest BCUT2D eigenvalue weighted by Crippen LogP contribution is 2.34. The first kappa shape index (κ1) is 22.4. The summed E-state index contributed by atoms with van der Waals surface area (Å²) in [4.78, 5) is 29.4. The Balaban J connectivity index is 1.79. The van der Waals surface area contributed by atoms with Crippen molar-refractivity contribution in [1.29, 1.82) is 0 Å². The Hall–Kier alpha value is -2.28. The lowest BCUT2D eigenvalue weighted by Gasteiger charge is -2.18. The fourth-order valence-corrected chi connectivity index (χ4v) is 4.07. The zero-order chi connectivity index (χ0) is 21.7. The molecule has 1 amide bonds. The van der Waals surface area contributed by atoms with E-state index in [0.29, 0.717) is 11.6 Å². The molecule has 1 saturated carbocycles. The number of aliphatic carboxylic acids is 1. The number of nitrogens with one attached hydrogen (secondary N) is 1. The number of hydrogen-bond donors (Lipinski definition) is 2. The minimum atomic E-state index is -0.896. The lowest BCUT2D eigenvalue weighted by atomic mass is 10.2. The number of hydrogen-bond acceptors (Lipinski definition) is 4. The largest absolute Gasteiger partial charge is 0.480 e. The average Bonchev–Trinajstić information content (AvgIpc) is 3.44. The number of rotatable bonds is 11. The van der Waals surface area contributed by atoms with Crippen LogP contribution in [0.25, 0.3) is 11.4 Å². The van der Waals surface area contributed by atoms with Crippen molar-refractivity contribution in [3.8, 4) is 11.4 Å². The maximum absolute atomic E-state index is 12.5. The van der Waals surface area contributed by atoms with Gasteiger partial charge in [0.2, 0.25) is 0 Å². The molecule has 1 aromatic heterocycles. The van der Waals surface area contributed by atoms with Crippen molar-refractivity contribution in [2.45, 2.75) is 69.1 Å². The normalized spacial score (nSPS) is 14.0. The topological polar surface area (TPSA) is 84.2 Å². The van der Waals surface area contributed by atoms with Crippen molar-refractivity contribution < 1.29 is 14.7 Å². The first-order valence-electron chi connectivity index (χ1n) is 10.7. The number of nitrogens with zero attached hydrogens (tertiary/aromatic N) is 2. The maximum atomic E-state index is 12.5. The summed E-state index contributed by atoms with van der Waals surface area (Å²) >= 11 is 1.31. The molecule has 1 aromatic carbocycles. The van der Waals surface area contributed by atoms with Gasteiger partial charge in [0.1, 0.15) is 16.3 Å². The van der Waals surface area contributed by atoms with E-state index < -0.39 is 10.7 Å². The van der Waals surface area contributed by atoms with Crippen molar-refractivity contribution in [3.05, 3.63) is 36.2 Å². The summed E-state index contributed by atoms with van der Waals surface area (Å²) < 4.78 is 1.16. The molecule has 0 saturated heterocycles. The van der Waals surface area contributed by atoms with Crippen molar-refractivity contribution >= 4 is 23.6 Å². The van der Waals surface area contributed by atoms with Gasteiger partial charge >= 0.3 is 5.97 Å². The molecule has 0 aliphatic heterocycles. The van der Waals surface area contributed by atoms with Gasteiger partial charge < -0.3 is 15.0 Å². The van der Waals surface area contributed by atoms with Crippen molar-refractivity contribution in [2.75, 3.05) is 6.54 Å². The average molecular weight is 430 g/mol. The van der Waals surface area contributed by atoms with Crippen LogP contribution in [0.1, 0.15) is 63.4 Å². The van der Waals surface area contributed by atoms with Gasteiger partial charge in [0, 0.05) is 29.7 Å². The quantitative estimate of drug-likeness (QED) is 0.395. The molecule has 0 spiro atoms. The van der Waals surface area contributed by atoms with E-state index in [1.165, 1.54) is 24.6 Å². The SMILES string of the molecule is CCCCCn1cc(C(=O)NCC2CC2)nc1-c1ccc(SC(C)(C)C(=O)O)cc1. The Bertz CT molecular complexity index is 886. The van der Waals surface area contributed by atoms with Gasteiger partial charge in [-0.3, -0.25) is 9.59 Å². The Morgan fingerprint density at radius 3 is 2.53 bits per heavy atom. The molecule has 162 valence electrons. The molecule has 2 N–H and O–H groups in total. The van der Waals surface area contributed by atoms with Gasteiger partial charge in [0.15, 0.2) is 0 Å². The van der Waals surface area contributed by atoms with Crippen LogP contribution in [-0.2, 0) is 11.3 Å². The molecule has 3 rings (SSSR count). The summed E-state index contributed by atoms with van der Waals surface area (Å²) in [5, 5.41) is 12.3. The van der Waals surface area contributed by atoms with Crippen LogP contribution in [0.4, 0.5) is 0 Å². The summed E-state index contributed by atoms with van der Waals surface area (Å²) in [6, 6.07) is 7.74.